The van der Waals surface area contributed by atoms with Gasteiger partial charge in [-0.25, -0.2) is 27.9 Å². The number of hydrogen-bond acceptors (Lipinski definition) is 5. The maximum atomic E-state index is 13.4. The molecule has 1 fully saturated rings. The summed E-state index contributed by atoms with van der Waals surface area (Å²) in [5.74, 6) is -6.63. The van der Waals surface area contributed by atoms with E-state index in [9.17, 15) is 26.3 Å². The van der Waals surface area contributed by atoms with E-state index in [2.05, 4.69) is 20.6 Å². The Bertz CT molecular complexity index is 537. The minimum atomic E-state index is -5.08. The summed E-state index contributed by atoms with van der Waals surface area (Å²) in [6.45, 7) is 0.357. The predicted octanol–water partition coefficient (Wildman–Crippen LogP) is 1.91. The predicted molar refractivity (Wildman–Crippen MR) is 70.1 cm³/mol. The largest absolute Gasteiger partial charge is 0.490 e. The number of nitrogens with zero attached hydrogens (tertiary/aromatic N) is 2. The highest BCUT2D eigenvalue weighted by Gasteiger charge is 2.41. The Kier molecular flexibility index (Phi) is 6.75. The Morgan fingerprint density at radius 2 is 1.92 bits per heavy atom. The Hall–Kier alpha value is -2.11. The second-order valence-corrected chi connectivity index (χ2v) is 4.83. The van der Waals surface area contributed by atoms with Crippen LogP contribution >= 0.6 is 0 Å². The zero-order valence-electron chi connectivity index (χ0n) is 12.1. The van der Waals surface area contributed by atoms with Crippen LogP contribution in [-0.2, 0) is 4.79 Å². The molecule has 0 radical (unpaired) electrons. The first kappa shape index (κ1) is 19.9. The third-order valence-electron chi connectivity index (χ3n) is 3.00. The van der Waals surface area contributed by atoms with Crippen LogP contribution in [0.2, 0.25) is 0 Å². The van der Waals surface area contributed by atoms with Gasteiger partial charge in [0.15, 0.2) is 5.82 Å². The molecule has 1 saturated heterocycles. The zero-order valence-corrected chi connectivity index (χ0v) is 12.1. The molecule has 0 aliphatic carbocycles. The quantitative estimate of drug-likeness (QED) is 0.714. The summed E-state index contributed by atoms with van der Waals surface area (Å²) < 4.78 is 71.1. The standard InChI is InChI=1S/C10H13F3N4.C2HF3O2/c11-8-4-16-9(17-5-8)15-3-7-1-2-14-6-10(7,12)13;3-2(4,5)1(6)7/h4-5,7,14H,1-3,6H2,(H,15,16,17);(H,6,7)/t7-;/m1./s1. The third kappa shape index (κ3) is 6.56. The number of alkyl halides is 5. The molecule has 1 aliphatic rings. The van der Waals surface area contributed by atoms with Crippen molar-refractivity contribution < 1.29 is 36.2 Å². The molecular formula is C12H14F6N4O2. The second kappa shape index (κ2) is 8.13. The molecule has 12 heteroatoms. The van der Waals surface area contributed by atoms with Crippen LogP contribution in [0.15, 0.2) is 12.4 Å². The molecule has 0 amide bonds. The molecule has 3 N–H and O–H groups in total. The number of carboxylic acids is 1. The topological polar surface area (TPSA) is 87.1 Å². The Balaban J connectivity index is 0.000000351. The van der Waals surface area contributed by atoms with Gasteiger partial charge in [-0.15, -0.1) is 0 Å². The fraction of sp³-hybridized carbons (Fsp3) is 0.583. The molecule has 0 aromatic carbocycles. The van der Waals surface area contributed by atoms with Gasteiger partial charge in [0.2, 0.25) is 5.95 Å². The molecular weight excluding hydrogens is 346 g/mol. The van der Waals surface area contributed by atoms with Crippen LogP contribution in [0.5, 0.6) is 0 Å². The molecule has 0 spiro atoms. The molecule has 2 rings (SSSR count). The Morgan fingerprint density at radius 3 is 2.38 bits per heavy atom. The summed E-state index contributed by atoms with van der Waals surface area (Å²) in [5.41, 5.74) is 0. The number of aromatic nitrogens is 2. The minimum absolute atomic E-state index is 0.0836. The molecule has 0 bridgehead atoms. The van der Waals surface area contributed by atoms with Crippen molar-refractivity contribution in [2.45, 2.75) is 18.5 Å². The van der Waals surface area contributed by atoms with Crippen LogP contribution in [0, 0.1) is 11.7 Å². The van der Waals surface area contributed by atoms with Crippen molar-refractivity contribution >= 4 is 11.9 Å². The SMILES string of the molecule is Fc1cnc(NC[C@H]2CCNCC2(F)F)nc1.O=C(O)C(F)(F)F. The maximum Gasteiger partial charge on any atom is 0.490 e. The van der Waals surface area contributed by atoms with E-state index in [-0.39, 0.29) is 19.0 Å². The molecule has 6 nitrogen and oxygen atoms in total. The fourth-order valence-corrected chi connectivity index (χ4v) is 1.76. The van der Waals surface area contributed by atoms with Gasteiger partial charge in [0.25, 0.3) is 5.92 Å². The molecule has 1 atom stereocenters. The van der Waals surface area contributed by atoms with E-state index in [1.54, 1.807) is 0 Å². The van der Waals surface area contributed by atoms with Gasteiger partial charge >= 0.3 is 12.1 Å². The van der Waals surface area contributed by atoms with E-state index < -0.39 is 29.8 Å². The molecule has 0 saturated carbocycles. The number of halogens is 6. The van der Waals surface area contributed by atoms with Gasteiger partial charge in [0.1, 0.15) is 0 Å². The van der Waals surface area contributed by atoms with Crippen molar-refractivity contribution in [1.82, 2.24) is 15.3 Å². The number of nitrogens with one attached hydrogen (secondary N) is 2. The summed E-state index contributed by atoms with van der Waals surface area (Å²) in [6.07, 6.45) is -2.70. The lowest BCUT2D eigenvalue weighted by molar-refractivity contribution is -0.192. The van der Waals surface area contributed by atoms with Crippen molar-refractivity contribution in [1.29, 1.82) is 0 Å². The van der Waals surface area contributed by atoms with Gasteiger partial charge in [-0.1, -0.05) is 0 Å². The minimum Gasteiger partial charge on any atom is -0.475 e. The highest BCUT2D eigenvalue weighted by molar-refractivity contribution is 5.73. The lowest BCUT2D eigenvalue weighted by atomic mass is 9.94. The number of hydrogen-bond donors (Lipinski definition) is 3. The molecule has 136 valence electrons. The molecule has 1 aliphatic heterocycles. The first-order valence-electron chi connectivity index (χ1n) is 6.62. The molecule has 1 aromatic rings. The fourth-order valence-electron chi connectivity index (χ4n) is 1.76. The van der Waals surface area contributed by atoms with Crippen molar-refractivity contribution in [3.63, 3.8) is 0 Å². The smallest absolute Gasteiger partial charge is 0.475 e. The number of anilines is 1. The molecule has 2 heterocycles. The highest BCUT2D eigenvalue weighted by atomic mass is 19.4. The summed E-state index contributed by atoms with van der Waals surface area (Å²) in [4.78, 5) is 16.2. The number of aliphatic carboxylic acids is 1. The average molecular weight is 360 g/mol. The second-order valence-electron chi connectivity index (χ2n) is 4.83. The van der Waals surface area contributed by atoms with E-state index in [0.29, 0.717) is 13.0 Å². The van der Waals surface area contributed by atoms with Crippen molar-refractivity contribution in [3.8, 4) is 0 Å². The van der Waals surface area contributed by atoms with Gasteiger partial charge in [0, 0.05) is 12.5 Å². The van der Waals surface area contributed by atoms with Gasteiger partial charge in [-0.05, 0) is 13.0 Å². The van der Waals surface area contributed by atoms with Crippen LogP contribution < -0.4 is 10.6 Å². The summed E-state index contributed by atoms with van der Waals surface area (Å²) >= 11 is 0. The summed E-state index contributed by atoms with van der Waals surface area (Å²) in [6, 6.07) is 0. The lowest BCUT2D eigenvalue weighted by Gasteiger charge is -2.31. The Morgan fingerprint density at radius 1 is 1.38 bits per heavy atom. The zero-order chi connectivity index (χ0) is 18.4. The average Bonchev–Trinajstić information content (AvgIpc) is 2.47. The Labute approximate surface area is 132 Å². The van der Waals surface area contributed by atoms with Crippen molar-refractivity contribution in [2.75, 3.05) is 25.0 Å². The van der Waals surface area contributed by atoms with Crippen LogP contribution in [0.1, 0.15) is 6.42 Å². The van der Waals surface area contributed by atoms with Crippen molar-refractivity contribution in [2.24, 2.45) is 5.92 Å². The molecule has 24 heavy (non-hydrogen) atoms. The van der Waals surface area contributed by atoms with E-state index in [1.807, 2.05) is 0 Å². The summed E-state index contributed by atoms with van der Waals surface area (Å²) in [5, 5.41) is 12.5. The van der Waals surface area contributed by atoms with E-state index in [0.717, 1.165) is 12.4 Å². The van der Waals surface area contributed by atoms with Crippen LogP contribution in [-0.4, -0.2) is 52.8 Å². The van der Waals surface area contributed by atoms with Crippen LogP contribution in [0.4, 0.5) is 32.3 Å². The number of piperidine rings is 1. The first-order valence-corrected chi connectivity index (χ1v) is 6.62. The maximum absolute atomic E-state index is 13.4. The molecule has 1 aromatic heterocycles. The van der Waals surface area contributed by atoms with Gasteiger partial charge in [-0.2, -0.15) is 13.2 Å². The van der Waals surface area contributed by atoms with Gasteiger partial charge < -0.3 is 15.7 Å². The third-order valence-corrected chi connectivity index (χ3v) is 3.00. The van der Waals surface area contributed by atoms with Crippen molar-refractivity contribution in [3.05, 3.63) is 18.2 Å². The van der Waals surface area contributed by atoms with Crippen LogP contribution in [0.25, 0.3) is 0 Å². The molecule has 0 unspecified atom stereocenters. The van der Waals surface area contributed by atoms with E-state index in [4.69, 9.17) is 9.90 Å². The monoisotopic (exact) mass is 360 g/mol. The van der Waals surface area contributed by atoms with Crippen LogP contribution in [0.3, 0.4) is 0 Å². The number of carboxylic acid groups (broad SMARTS) is 1. The van der Waals surface area contributed by atoms with E-state index in [1.165, 1.54) is 0 Å². The number of carbonyl (C=O) groups is 1. The number of rotatable bonds is 3. The van der Waals surface area contributed by atoms with Gasteiger partial charge in [0.05, 0.1) is 18.9 Å². The van der Waals surface area contributed by atoms with Gasteiger partial charge in [-0.3, -0.25) is 0 Å². The first-order chi connectivity index (χ1) is 11.0. The normalized spacial score (nSPS) is 19.8. The lowest BCUT2D eigenvalue weighted by Crippen LogP contribution is -2.48. The highest BCUT2D eigenvalue weighted by Crippen LogP contribution is 2.29. The summed E-state index contributed by atoms with van der Waals surface area (Å²) in [7, 11) is 0. The van der Waals surface area contributed by atoms with E-state index >= 15 is 0 Å².